The maximum atomic E-state index is 11.1. The molecular formula is C8H10N2O2S. The van der Waals surface area contributed by atoms with E-state index in [9.17, 15) is 5.21 Å². The highest BCUT2D eigenvalue weighted by atomic mass is 32.2. The highest BCUT2D eigenvalue weighted by Crippen LogP contribution is 2.10. The third-order valence-electron chi connectivity index (χ3n) is 1.27. The molecule has 13 heavy (non-hydrogen) atoms. The van der Waals surface area contributed by atoms with E-state index >= 15 is 0 Å². The lowest BCUT2D eigenvalue weighted by molar-refractivity contribution is -0.645. The summed E-state index contributed by atoms with van der Waals surface area (Å²) >= 11 is 1.41. The number of thioether (sulfide) groups is 1. The van der Waals surface area contributed by atoms with Gasteiger partial charge in [-0.25, -0.2) is 0 Å². The van der Waals surface area contributed by atoms with Gasteiger partial charge in [-0.2, -0.15) is 4.73 Å². The molecule has 0 bridgehead atoms. The molecule has 0 spiro atoms. The van der Waals surface area contributed by atoms with Crippen molar-refractivity contribution in [1.82, 2.24) is 0 Å². The molecule has 0 amide bonds. The molecule has 1 heterocycles. The normalized spacial score (nSPS) is 10.5. The fourth-order valence-electron chi connectivity index (χ4n) is 0.752. The lowest BCUT2D eigenvalue weighted by atomic mass is 10.5. The average molecular weight is 198 g/mol. The van der Waals surface area contributed by atoms with Crippen LogP contribution in [0, 0.1) is 5.21 Å². The summed E-state index contributed by atoms with van der Waals surface area (Å²) in [7, 11) is 1.48. The van der Waals surface area contributed by atoms with E-state index in [1.165, 1.54) is 25.1 Å². The van der Waals surface area contributed by atoms with Crippen LogP contribution in [0.4, 0.5) is 0 Å². The fourth-order valence-corrected chi connectivity index (χ4v) is 1.42. The Morgan fingerprint density at radius 3 is 3.23 bits per heavy atom. The minimum atomic E-state index is 0.625. The van der Waals surface area contributed by atoms with Gasteiger partial charge in [0, 0.05) is 17.9 Å². The zero-order valence-electron chi connectivity index (χ0n) is 7.21. The Morgan fingerprint density at radius 2 is 2.54 bits per heavy atom. The molecule has 70 valence electrons. The molecule has 0 unspecified atom stereocenters. The smallest absolute Gasteiger partial charge is 0.251 e. The van der Waals surface area contributed by atoms with Crippen molar-refractivity contribution in [3.8, 4) is 0 Å². The standard InChI is InChI=1S/C8H10N2O2S/c1-12-9-5-7-13-8-4-2-3-6-10(8)11/h2-6H,7H2,1H3. The molecule has 1 aromatic rings. The van der Waals surface area contributed by atoms with E-state index in [2.05, 4.69) is 9.99 Å². The van der Waals surface area contributed by atoms with E-state index in [0.29, 0.717) is 10.8 Å². The molecule has 0 aliphatic rings. The zero-order chi connectivity index (χ0) is 9.52. The molecule has 1 rings (SSSR count). The predicted molar refractivity (Wildman–Crippen MR) is 51.6 cm³/mol. The van der Waals surface area contributed by atoms with Crippen molar-refractivity contribution in [3.63, 3.8) is 0 Å². The maximum absolute atomic E-state index is 11.1. The molecule has 0 aliphatic heterocycles. The van der Waals surface area contributed by atoms with Crippen molar-refractivity contribution in [3.05, 3.63) is 29.6 Å². The molecule has 0 radical (unpaired) electrons. The van der Waals surface area contributed by atoms with Crippen molar-refractivity contribution in [2.75, 3.05) is 12.9 Å². The second-order valence-corrected chi connectivity index (χ2v) is 3.19. The van der Waals surface area contributed by atoms with Gasteiger partial charge in [0.05, 0.1) is 6.21 Å². The van der Waals surface area contributed by atoms with Gasteiger partial charge in [0.25, 0.3) is 5.03 Å². The Morgan fingerprint density at radius 1 is 1.69 bits per heavy atom. The van der Waals surface area contributed by atoms with Crippen molar-refractivity contribution in [2.24, 2.45) is 5.16 Å². The minimum absolute atomic E-state index is 0.625. The van der Waals surface area contributed by atoms with Crippen LogP contribution in [0.5, 0.6) is 0 Å². The molecule has 0 saturated carbocycles. The van der Waals surface area contributed by atoms with Gasteiger partial charge in [0.2, 0.25) is 0 Å². The first-order valence-corrected chi connectivity index (χ1v) is 4.69. The SMILES string of the molecule is CON=CCSc1cccc[n+]1[O-]. The van der Waals surface area contributed by atoms with Gasteiger partial charge in [0.1, 0.15) is 7.11 Å². The number of rotatable bonds is 4. The molecule has 0 aromatic carbocycles. The zero-order valence-corrected chi connectivity index (χ0v) is 8.03. The first kappa shape index (κ1) is 9.85. The highest BCUT2D eigenvalue weighted by molar-refractivity contribution is 7.99. The van der Waals surface area contributed by atoms with Crippen LogP contribution in [0.15, 0.2) is 34.6 Å². The Balaban J connectivity index is 2.45. The minimum Gasteiger partial charge on any atom is -0.618 e. The van der Waals surface area contributed by atoms with Crippen molar-refractivity contribution < 1.29 is 9.57 Å². The third-order valence-corrected chi connectivity index (χ3v) is 2.20. The first-order chi connectivity index (χ1) is 6.34. The molecule has 0 saturated heterocycles. The molecule has 0 N–H and O–H groups in total. The Hall–Kier alpha value is -1.23. The van der Waals surface area contributed by atoms with Crippen LogP contribution in [0.25, 0.3) is 0 Å². The largest absolute Gasteiger partial charge is 0.618 e. The van der Waals surface area contributed by atoms with Gasteiger partial charge < -0.3 is 10.0 Å². The number of oxime groups is 1. The Kier molecular flexibility index (Phi) is 4.11. The summed E-state index contributed by atoms with van der Waals surface area (Å²) in [6.07, 6.45) is 3.08. The number of hydrogen-bond acceptors (Lipinski definition) is 4. The van der Waals surface area contributed by atoms with Crippen molar-refractivity contribution in [1.29, 1.82) is 0 Å². The van der Waals surface area contributed by atoms with Crippen LogP contribution < -0.4 is 4.73 Å². The van der Waals surface area contributed by atoms with E-state index in [1.807, 2.05) is 6.07 Å². The van der Waals surface area contributed by atoms with Gasteiger partial charge in [0.15, 0.2) is 6.20 Å². The van der Waals surface area contributed by atoms with E-state index in [-0.39, 0.29) is 0 Å². The van der Waals surface area contributed by atoms with Crippen molar-refractivity contribution >= 4 is 18.0 Å². The Labute approximate surface area is 80.8 Å². The predicted octanol–water partition coefficient (Wildman–Crippen LogP) is 1.04. The number of nitrogens with zero attached hydrogens (tertiary/aromatic N) is 2. The topological polar surface area (TPSA) is 48.5 Å². The molecule has 0 atom stereocenters. The fraction of sp³-hybridized carbons (Fsp3) is 0.250. The molecule has 1 aromatic heterocycles. The summed E-state index contributed by atoms with van der Waals surface area (Å²) in [6, 6.07) is 5.28. The average Bonchev–Trinajstić information content (AvgIpc) is 2.15. The second-order valence-electron chi connectivity index (χ2n) is 2.15. The summed E-state index contributed by atoms with van der Waals surface area (Å²) in [5.74, 6) is 0.625. The van der Waals surface area contributed by atoms with E-state index < -0.39 is 0 Å². The summed E-state index contributed by atoms with van der Waals surface area (Å²) in [5, 5.41) is 15.3. The monoisotopic (exact) mass is 198 g/mol. The Bertz CT molecular complexity index is 291. The summed E-state index contributed by atoms with van der Waals surface area (Å²) in [4.78, 5) is 4.48. The molecular weight excluding hydrogens is 188 g/mol. The van der Waals surface area contributed by atoms with Crippen LogP contribution in [-0.4, -0.2) is 19.1 Å². The molecule has 4 nitrogen and oxygen atoms in total. The van der Waals surface area contributed by atoms with Crippen LogP contribution in [-0.2, 0) is 4.84 Å². The maximum Gasteiger partial charge on any atom is 0.251 e. The van der Waals surface area contributed by atoms with Gasteiger partial charge in [-0.1, -0.05) is 16.9 Å². The second kappa shape index (κ2) is 5.42. The lowest BCUT2D eigenvalue weighted by Crippen LogP contribution is -2.27. The van der Waals surface area contributed by atoms with Crippen molar-refractivity contribution in [2.45, 2.75) is 5.03 Å². The van der Waals surface area contributed by atoms with Gasteiger partial charge in [-0.05, 0) is 6.07 Å². The summed E-state index contributed by atoms with van der Waals surface area (Å²) in [6.45, 7) is 0. The van der Waals surface area contributed by atoms with Gasteiger partial charge >= 0.3 is 0 Å². The van der Waals surface area contributed by atoms with Crippen LogP contribution in [0.3, 0.4) is 0 Å². The number of aromatic nitrogens is 1. The molecule has 5 heteroatoms. The highest BCUT2D eigenvalue weighted by Gasteiger charge is 2.01. The first-order valence-electron chi connectivity index (χ1n) is 3.70. The third kappa shape index (κ3) is 3.33. The summed E-state index contributed by atoms with van der Waals surface area (Å²) < 4.78 is 0.825. The van der Waals surface area contributed by atoms with Gasteiger partial charge in [-0.3, -0.25) is 0 Å². The van der Waals surface area contributed by atoms with Crippen LogP contribution in [0.2, 0.25) is 0 Å². The quantitative estimate of drug-likeness (QED) is 0.239. The number of hydrogen-bond donors (Lipinski definition) is 0. The van der Waals surface area contributed by atoms with Gasteiger partial charge in [-0.15, -0.1) is 0 Å². The van der Waals surface area contributed by atoms with Crippen LogP contribution in [0.1, 0.15) is 0 Å². The van der Waals surface area contributed by atoms with Crippen LogP contribution >= 0.6 is 11.8 Å². The van der Waals surface area contributed by atoms with E-state index in [1.54, 1.807) is 18.3 Å². The summed E-state index contributed by atoms with van der Waals surface area (Å²) in [5.41, 5.74) is 0. The number of pyridine rings is 1. The molecule has 0 fully saturated rings. The lowest BCUT2D eigenvalue weighted by Gasteiger charge is -1.99. The van der Waals surface area contributed by atoms with E-state index in [4.69, 9.17) is 0 Å². The molecule has 0 aliphatic carbocycles. The van der Waals surface area contributed by atoms with E-state index in [0.717, 1.165) is 4.73 Å².